The Labute approximate surface area is 150 Å². The topological polar surface area (TPSA) is 77.6 Å². The van der Waals surface area contributed by atoms with E-state index in [1.54, 1.807) is 27.7 Å². The van der Waals surface area contributed by atoms with Crippen molar-refractivity contribution < 1.29 is 4.79 Å². The zero-order valence-corrected chi connectivity index (χ0v) is 14.5. The van der Waals surface area contributed by atoms with Gasteiger partial charge in [0.2, 0.25) is 0 Å². The molecule has 0 bridgehead atoms. The SMILES string of the molecule is CC(NC(=O)c1ccc2c(c1)nnn2C)c1ccccc1-n1cccn1. The minimum absolute atomic E-state index is 0.152. The monoisotopic (exact) mass is 346 g/mol. The van der Waals surface area contributed by atoms with E-state index in [1.807, 2.05) is 56.6 Å². The lowest BCUT2D eigenvalue weighted by Gasteiger charge is -2.18. The molecule has 0 radical (unpaired) electrons. The Morgan fingerprint density at radius 3 is 2.81 bits per heavy atom. The summed E-state index contributed by atoms with van der Waals surface area (Å²) in [6.07, 6.45) is 3.62. The van der Waals surface area contributed by atoms with E-state index in [1.165, 1.54) is 0 Å². The number of carbonyl (C=O) groups is 1. The predicted octanol–water partition coefficient (Wildman–Crippen LogP) is 2.65. The average molecular weight is 346 g/mol. The molecule has 0 saturated heterocycles. The third-order valence-corrected chi connectivity index (χ3v) is 4.37. The van der Waals surface area contributed by atoms with Crippen molar-refractivity contribution in [3.05, 3.63) is 72.1 Å². The van der Waals surface area contributed by atoms with Crippen molar-refractivity contribution in [1.82, 2.24) is 30.1 Å². The van der Waals surface area contributed by atoms with Gasteiger partial charge in [0.1, 0.15) is 5.52 Å². The van der Waals surface area contributed by atoms with E-state index >= 15 is 0 Å². The van der Waals surface area contributed by atoms with Crippen LogP contribution in [0.3, 0.4) is 0 Å². The molecule has 2 aromatic heterocycles. The molecule has 4 aromatic rings. The largest absolute Gasteiger partial charge is 0.345 e. The fourth-order valence-corrected chi connectivity index (χ4v) is 3.01. The number of aryl methyl sites for hydroxylation is 1. The normalized spacial score (nSPS) is 12.2. The number of amides is 1. The fourth-order valence-electron chi connectivity index (χ4n) is 3.01. The van der Waals surface area contributed by atoms with Crippen molar-refractivity contribution in [1.29, 1.82) is 0 Å². The molecule has 0 aliphatic heterocycles. The van der Waals surface area contributed by atoms with Crippen LogP contribution in [0.2, 0.25) is 0 Å². The van der Waals surface area contributed by atoms with Gasteiger partial charge in [-0.2, -0.15) is 5.10 Å². The third kappa shape index (κ3) is 2.83. The van der Waals surface area contributed by atoms with E-state index in [0.29, 0.717) is 11.1 Å². The summed E-state index contributed by atoms with van der Waals surface area (Å²) in [5.74, 6) is -0.152. The van der Waals surface area contributed by atoms with Crippen molar-refractivity contribution in [2.75, 3.05) is 0 Å². The quantitative estimate of drug-likeness (QED) is 0.616. The summed E-state index contributed by atoms with van der Waals surface area (Å²) in [7, 11) is 1.82. The second kappa shape index (κ2) is 6.44. The number of para-hydroxylation sites is 1. The Balaban J connectivity index is 1.59. The van der Waals surface area contributed by atoms with E-state index < -0.39 is 0 Å². The molecule has 130 valence electrons. The van der Waals surface area contributed by atoms with Gasteiger partial charge < -0.3 is 5.32 Å². The smallest absolute Gasteiger partial charge is 0.251 e. The van der Waals surface area contributed by atoms with Crippen molar-refractivity contribution in [2.45, 2.75) is 13.0 Å². The van der Waals surface area contributed by atoms with Gasteiger partial charge in [0.25, 0.3) is 5.91 Å². The number of benzene rings is 2. The molecule has 4 rings (SSSR count). The molecule has 1 atom stereocenters. The molecule has 7 nitrogen and oxygen atoms in total. The van der Waals surface area contributed by atoms with Gasteiger partial charge in [0.15, 0.2) is 0 Å². The first kappa shape index (κ1) is 16.0. The summed E-state index contributed by atoms with van der Waals surface area (Å²) < 4.78 is 3.48. The summed E-state index contributed by atoms with van der Waals surface area (Å²) in [5, 5.41) is 15.4. The first-order valence-corrected chi connectivity index (χ1v) is 8.33. The van der Waals surface area contributed by atoms with Crippen LogP contribution in [0, 0.1) is 0 Å². The molecular weight excluding hydrogens is 328 g/mol. The molecule has 1 unspecified atom stereocenters. The van der Waals surface area contributed by atoms with Crippen molar-refractivity contribution >= 4 is 16.9 Å². The zero-order chi connectivity index (χ0) is 18.1. The number of carbonyl (C=O) groups excluding carboxylic acids is 1. The van der Waals surface area contributed by atoms with E-state index in [2.05, 4.69) is 20.7 Å². The summed E-state index contributed by atoms with van der Waals surface area (Å²) in [5.41, 5.74) is 4.07. The van der Waals surface area contributed by atoms with Crippen LogP contribution in [-0.2, 0) is 7.05 Å². The van der Waals surface area contributed by atoms with Gasteiger partial charge in [0, 0.05) is 25.0 Å². The Hall–Kier alpha value is -3.48. The first-order valence-electron chi connectivity index (χ1n) is 8.33. The summed E-state index contributed by atoms with van der Waals surface area (Å²) in [6, 6.07) is 15.0. The lowest BCUT2D eigenvalue weighted by atomic mass is 10.1. The molecule has 0 aliphatic carbocycles. The van der Waals surface area contributed by atoms with Crippen molar-refractivity contribution in [2.24, 2.45) is 7.05 Å². The van der Waals surface area contributed by atoms with Gasteiger partial charge in [-0.15, -0.1) is 5.10 Å². The molecule has 2 aromatic carbocycles. The predicted molar refractivity (Wildman–Crippen MR) is 98.0 cm³/mol. The molecule has 1 amide bonds. The number of fused-ring (bicyclic) bond motifs is 1. The number of rotatable bonds is 4. The van der Waals surface area contributed by atoms with Crippen LogP contribution in [-0.4, -0.2) is 30.7 Å². The molecule has 0 saturated carbocycles. The Morgan fingerprint density at radius 1 is 1.15 bits per heavy atom. The number of hydrogen-bond donors (Lipinski definition) is 1. The molecule has 0 aliphatic rings. The highest BCUT2D eigenvalue weighted by atomic mass is 16.1. The maximum atomic E-state index is 12.7. The minimum Gasteiger partial charge on any atom is -0.345 e. The molecule has 0 spiro atoms. The molecule has 26 heavy (non-hydrogen) atoms. The van der Waals surface area contributed by atoms with Crippen molar-refractivity contribution in [3.63, 3.8) is 0 Å². The van der Waals surface area contributed by atoms with E-state index in [9.17, 15) is 4.79 Å². The van der Waals surface area contributed by atoms with E-state index in [-0.39, 0.29) is 11.9 Å². The number of hydrogen-bond acceptors (Lipinski definition) is 4. The highest BCUT2D eigenvalue weighted by Crippen LogP contribution is 2.22. The average Bonchev–Trinajstić information content (AvgIpc) is 3.32. The minimum atomic E-state index is -0.180. The first-order chi connectivity index (χ1) is 12.6. The van der Waals surface area contributed by atoms with Gasteiger partial charge in [-0.3, -0.25) is 4.79 Å². The Bertz CT molecular complexity index is 1070. The Kier molecular flexibility index (Phi) is 3.96. The molecular formula is C19H18N6O. The summed E-state index contributed by atoms with van der Waals surface area (Å²) >= 11 is 0. The van der Waals surface area contributed by atoms with Crippen LogP contribution in [0.4, 0.5) is 0 Å². The second-order valence-electron chi connectivity index (χ2n) is 6.12. The van der Waals surface area contributed by atoms with Crippen LogP contribution < -0.4 is 5.32 Å². The van der Waals surface area contributed by atoms with Crippen LogP contribution in [0.1, 0.15) is 28.9 Å². The van der Waals surface area contributed by atoms with Gasteiger partial charge in [-0.05, 0) is 42.8 Å². The van der Waals surface area contributed by atoms with Crippen molar-refractivity contribution in [3.8, 4) is 5.69 Å². The number of nitrogens with zero attached hydrogens (tertiary/aromatic N) is 5. The summed E-state index contributed by atoms with van der Waals surface area (Å²) in [4.78, 5) is 12.7. The van der Waals surface area contributed by atoms with E-state index in [4.69, 9.17) is 0 Å². The van der Waals surface area contributed by atoms with Crippen LogP contribution in [0.15, 0.2) is 60.9 Å². The third-order valence-electron chi connectivity index (χ3n) is 4.37. The standard InChI is InChI=1S/C19H18N6O/c1-13(15-6-3-4-7-17(15)25-11-5-10-20-25)21-19(26)14-8-9-18-16(12-14)22-23-24(18)2/h3-13H,1-2H3,(H,21,26). The maximum Gasteiger partial charge on any atom is 0.251 e. The van der Waals surface area contributed by atoms with Crippen LogP contribution >= 0.6 is 0 Å². The molecule has 2 heterocycles. The highest BCUT2D eigenvalue weighted by molar-refractivity contribution is 5.97. The Morgan fingerprint density at radius 2 is 2.00 bits per heavy atom. The molecule has 0 fully saturated rings. The van der Waals surface area contributed by atoms with Gasteiger partial charge in [-0.25, -0.2) is 9.36 Å². The van der Waals surface area contributed by atoms with E-state index in [0.717, 1.165) is 16.8 Å². The summed E-state index contributed by atoms with van der Waals surface area (Å²) in [6.45, 7) is 1.96. The lowest BCUT2D eigenvalue weighted by molar-refractivity contribution is 0.0940. The molecule has 1 N–H and O–H groups in total. The maximum absolute atomic E-state index is 12.7. The van der Waals surface area contributed by atoms with Crippen LogP contribution in [0.25, 0.3) is 16.7 Å². The molecule has 7 heteroatoms. The lowest BCUT2D eigenvalue weighted by Crippen LogP contribution is -2.27. The van der Waals surface area contributed by atoms with Gasteiger partial charge in [-0.1, -0.05) is 23.4 Å². The number of nitrogens with one attached hydrogen (secondary N) is 1. The highest BCUT2D eigenvalue weighted by Gasteiger charge is 2.16. The second-order valence-corrected chi connectivity index (χ2v) is 6.12. The van der Waals surface area contributed by atoms with Gasteiger partial charge in [0.05, 0.1) is 17.2 Å². The zero-order valence-electron chi connectivity index (χ0n) is 14.5. The van der Waals surface area contributed by atoms with Crippen LogP contribution in [0.5, 0.6) is 0 Å². The fraction of sp³-hybridized carbons (Fsp3) is 0.158. The van der Waals surface area contributed by atoms with Gasteiger partial charge >= 0.3 is 0 Å². The number of aromatic nitrogens is 5.